The highest BCUT2D eigenvalue weighted by Gasteiger charge is 2.30. The normalized spacial score (nSPS) is 14.5. The lowest BCUT2D eigenvalue weighted by molar-refractivity contribution is -0.153. The largest absolute Gasteiger partial charge is 0.484 e. The van der Waals surface area contributed by atoms with Crippen LogP contribution >= 0.6 is 11.8 Å². The minimum atomic E-state index is -4.34. The first-order valence-electron chi connectivity index (χ1n) is 7.91. The van der Waals surface area contributed by atoms with E-state index in [9.17, 15) is 13.2 Å². The molecule has 0 bridgehead atoms. The smallest absolute Gasteiger partial charge is 0.422 e. The van der Waals surface area contributed by atoms with Crippen LogP contribution in [-0.4, -0.2) is 27.5 Å². The van der Waals surface area contributed by atoms with Gasteiger partial charge in [0.1, 0.15) is 11.6 Å². The Kier molecular flexibility index (Phi) is 5.36. The molecule has 0 spiro atoms. The Morgan fingerprint density at radius 2 is 2.12 bits per heavy atom. The van der Waals surface area contributed by atoms with E-state index < -0.39 is 12.8 Å². The third kappa shape index (κ3) is 5.01. The van der Waals surface area contributed by atoms with Crippen molar-refractivity contribution in [2.75, 3.05) is 6.61 Å². The Morgan fingerprint density at radius 3 is 2.80 bits per heavy atom. The number of ether oxygens (including phenoxy) is 1. The third-order valence-electron chi connectivity index (χ3n) is 3.67. The van der Waals surface area contributed by atoms with Crippen LogP contribution in [0.5, 0.6) is 5.75 Å². The fourth-order valence-corrected chi connectivity index (χ4v) is 3.29. The number of hydrogen-bond donors (Lipinski definition) is 0. The van der Waals surface area contributed by atoms with E-state index in [1.807, 2.05) is 12.1 Å². The van der Waals surface area contributed by atoms with Crippen LogP contribution in [0, 0.1) is 0 Å². The summed E-state index contributed by atoms with van der Waals surface area (Å²) in [5.41, 5.74) is 0.866. The molecule has 1 heterocycles. The van der Waals surface area contributed by atoms with Crippen molar-refractivity contribution < 1.29 is 17.9 Å². The summed E-state index contributed by atoms with van der Waals surface area (Å²) in [5.74, 6) is 2.26. The lowest BCUT2D eigenvalue weighted by atomic mass is 10.2. The summed E-state index contributed by atoms with van der Waals surface area (Å²) in [5, 5.41) is 9.32. The predicted octanol–water partition coefficient (Wildman–Crippen LogP) is 4.57. The van der Waals surface area contributed by atoms with Crippen molar-refractivity contribution in [3.05, 3.63) is 48.3 Å². The van der Waals surface area contributed by atoms with Gasteiger partial charge in [-0.1, -0.05) is 30.0 Å². The highest BCUT2D eigenvalue weighted by atomic mass is 32.2. The highest BCUT2D eigenvalue weighted by molar-refractivity contribution is 7.98. The van der Waals surface area contributed by atoms with E-state index in [0.717, 1.165) is 29.4 Å². The monoisotopic (exact) mass is 369 g/mol. The molecule has 1 saturated carbocycles. The number of alkyl halides is 3. The molecule has 0 amide bonds. The van der Waals surface area contributed by atoms with Crippen LogP contribution in [0.25, 0.3) is 0 Å². The van der Waals surface area contributed by atoms with Crippen molar-refractivity contribution in [1.29, 1.82) is 0 Å². The van der Waals surface area contributed by atoms with Crippen molar-refractivity contribution >= 4 is 11.8 Å². The van der Waals surface area contributed by atoms with Crippen molar-refractivity contribution in [1.82, 2.24) is 14.8 Å². The molecule has 0 unspecified atom stereocenters. The van der Waals surface area contributed by atoms with Crippen LogP contribution in [-0.2, 0) is 12.3 Å². The first-order valence-corrected chi connectivity index (χ1v) is 8.90. The molecule has 1 aromatic heterocycles. The molecule has 0 radical (unpaired) electrons. The van der Waals surface area contributed by atoms with Gasteiger partial charge in [0.2, 0.25) is 0 Å². The second kappa shape index (κ2) is 7.51. The lowest BCUT2D eigenvalue weighted by Gasteiger charge is -2.10. The average Bonchev–Trinajstić information content (AvgIpc) is 3.34. The molecule has 1 aromatic carbocycles. The quantitative estimate of drug-likeness (QED) is 0.505. The van der Waals surface area contributed by atoms with E-state index in [4.69, 9.17) is 4.74 Å². The molecule has 0 atom stereocenters. The molecule has 1 aliphatic carbocycles. The topological polar surface area (TPSA) is 39.9 Å². The number of thioether (sulfide) groups is 1. The van der Waals surface area contributed by atoms with E-state index in [1.165, 1.54) is 17.8 Å². The number of benzene rings is 1. The van der Waals surface area contributed by atoms with Crippen molar-refractivity contribution in [3.8, 4) is 5.75 Å². The molecular weight excluding hydrogens is 351 g/mol. The minimum Gasteiger partial charge on any atom is -0.484 e. The number of aromatic nitrogens is 3. The highest BCUT2D eigenvalue weighted by Crippen LogP contribution is 2.40. The van der Waals surface area contributed by atoms with Crippen LogP contribution in [0.3, 0.4) is 0 Å². The molecule has 3 rings (SSSR count). The zero-order valence-electron chi connectivity index (χ0n) is 13.5. The maximum absolute atomic E-state index is 12.2. The maximum Gasteiger partial charge on any atom is 0.422 e. The van der Waals surface area contributed by atoms with E-state index >= 15 is 0 Å². The first-order chi connectivity index (χ1) is 12.0. The summed E-state index contributed by atoms with van der Waals surface area (Å²) >= 11 is 1.50. The molecule has 25 heavy (non-hydrogen) atoms. The van der Waals surface area contributed by atoms with Crippen LogP contribution in [0.1, 0.15) is 30.1 Å². The Hall–Kier alpha value is -1.96. The summed E-state index contributed by atoms with van der Waals surface area (Å²) in [6, 6.07) is 6.68. The van der Waals surface area contributed by atoms with Gasteiger partial charge in [0, 0.05) is 18.2 Å². The van der Waals surface area contributed by atoms with Gasteiger partial charge >= 0.3 is 6.18 Å². The van der Waals surface area contributed by atoms with E-state index in [2.05, 4.69) is 21.3 Å². The van der Waals surface area contributed by atoms with Crippen molar-refractivity contribution in [2.24, 2.45) is 0 Å². The Bertz CT molecular complexity index is 741. The summed E-state index contributed by atoms with van der Waals surface area (Å²) in [6.45, 7) is 3.13. The van der Waals surface area contributed by atoms with Crippen molar-refractivity contribution in [2.45, 2.75) is 42.4 Å². The second-order valence-electron chi connectivity index (χ2n) is 5.85. The lowest BCUT2D eigenvalue weighted by Crippen LogP contribution is -2.19. The number of hydrogen-bond acceptors (Lipinski definition) is 4. The standard InChI is InChI=1S/C17H18F3N3OS/c1-2-8-23-15(13-6-7-13)21-22-16(23)25-10-12-4-3-5-14(9-12)24-11-17(18,19)20/h2-5,9,13H,1,6-8,10-11H2. The molecule has 0 N–H and O–H groups in total. The molecule has 2 aromatic rings. The predicted molar refractivity (Wildman–Crippen MR) is 89.7 cm³/mol. The van der Waals surface area contributed by atoms with Gasteiger partial charge in [-0.15, -0.1) is 16.8 Å². The Labute approximate surface area is 148 Å². The second-order valence-corrected chi connectivity index (χ2v) is 6.80. The van der Waals surface area contributed by atoms with Crippen LogP contribution in [0.4, 0.5) is 13.2 Å². The third-order valence-corrected chi connectivity index (χ3v) is 4.71. The molecule has 134 valence electrons. The number of halogens is 3. The van der Waals surface area contributed by atoms with Gasteiger partial charge in [0.15, 0.2) is 11.8 Å². The van der Waals surface area contributed by atoms with E-state index in [0.29, 0.717) is 18.2 Å². The Morgan fingerprint density at radius 1 is 1.32 bits per heavy atom. The maximum atomic E-state index is 12.2. The minimum absolute atomic E-state index is 0.210. The summed E-state index contributed by atoms with van der Waals surface area (Å²) in [6.07, 6.45) is -0.257. The molecule has 0 aliphatic heterocycles. The molecule has 0 saturated heterocycles. The fraction of sp³-hybridized carbons (Fsp3) is 0.412. The van der Waals surface area contributed by atoms with Gasteiger partial charge < -0.3 is 9.30 Å². The zero-order chi connectivity index (χ0) is 17.9. The molecule has 1 fully saturated rings. The van der Waals surface area contributed by atoms with E-state index in [-0.39, 0.29) is 5.75 Å². The summed E-state index contributed by atoms with van der Waals surface area (Å²) in [4.78, 5) is 0. The van der Waals surface area contributed by atoms with Crippen LogP contribution < -0.4 is 4.74 Å². The SMILES string of the molecule is C=CCn1c(SCc2cccc(OCC(F)(F)F)c2)nnc1C1CC1. The summed E-state index contributed by atoms with van der Waals surface area (Å²) < 4.78 is 43.6. The first kappa shape index (κ1) is 17.8. The van der Waals surface area contributed by atoms with Gasteiger partial charge in [-0.05, 0) is 30.5 Å². The number of allylic oxidation sites excluding steroid dienone is 1. The molecule has 1 aliphatic rings. The summed E-state index contributed by atoms with van der Waals surface area (Å²) in [7, 11) is 0. The van der Waals surface area contributed by atoms with Gasteiger partial charge in [0.25, 0.3) is 0 Å². The zero-order valence-corrected chi connectivity index (χ0v) is 14.3. The fourth-order valence-electron chi connectivity index (χ4n) is 2.39. The van der Waals surface area contributed by atoms with Gasteiger partial charge in [-0.3, -0.25) is 0 Å². The molecule has 8 heteroatoms. The average molecular weight is 369 g/mol. The van der Waals surface area contributed by atoms with Gasteiger partial charge in [0.05, 0.1) is 0 Å². The van der Waals surface area contributed by atoms with Gasteiger partial charge in [-0.2, -0.15) is 13.2 Å². The van der Waals surface area contributed by atoms with Gasteiger partial charge in [-0.25, -0.2) is 0 Å². The van der Waals surface area contributed by atoms with Crippen LogP contribution in [0.2, 0.25) is 0 Å². The Balaban J connectivity index is 1.64. The molecular formula is C17H18F3N3OS. The number of rotatable bonds is 8. The van der Waals surface area contributed by atoms with Crippen LogP contribution in [0.15, 0.2) is 42.1 Å². The van der Waals surface area contributed by atoms with Crippen molar-refractivity contribution in [3.63, 3.8) is 0 Å². The number of nitrogens with zero attached hydrogens (tertiary/aromatic N) is 3. The van der Waals surface area contributed by atoms with E-state index in [1.54, 1.807) is 12.1 Å². The molecule has 4 nitrogen and oxygen atoms in total.